The Hall–Kier alpha value is -1.92. The van der Waals surface area contributed by atoms with Crippen LogP contribution in [0.5, 0.6) is 11.5 Å². The van der Waals surface area contributed by atoms with E-state index in [1.54, 1.807) is 25.1 Å². The Labute approximate surface area is 138 Å². The summed E-state index contributed by atoms with van der Waals surface area (Å²) in [7, 11) is 3.00. The van der Waals surface area contributed by atoms with Gasteiger partial charge in [0.1, 0.15) is 11.5 Å². The Morgan fingerprint density at radius 3 is 2.54 bits per heavy atom. The van der Waals surface area contributed by atoms with Crippen LogP contribution >= 0.6 is 0 Å². The number of carbonyl (C=O) groups excluding carboxylic acids is 1. The highest BCUT2D eigenvalue weighted by Gasteiger charge is 2.70. The summed E-state index contributed by atoms with van der Waals surface area (Å²) in [5.74, 6) is -1.28. The number of likely N-dealkylation sites (tertiary alicyclic amines) is 1. The van der Waals surface area contributed by atoms with Gasteiger partial charge in [0, 0.05) is 30.6 Å². The number of alkyl halides is 3. The first-order valence-electron chi connectivity index (χ1n) is 7.85. The Morgan fingerprint density at radius 2 is 1.96 bits per heavy atom. The third-order valence-electron chi connectivity index (χ3n) is 5.08. The molecule has 4 nitrogen and oxygen atoms in total. The minimum absolute atomic E-state index is 0.118. The second-order valence-corrected chi connectivity index (χ2v) is 6.52. The number of hydrogen-bond acceptors (Lipinski definition) is 3. The van der Waals surface area contributed by atoms with Crippen molar-refractivity contribution < 1.29 is 27.4 Å². The van der Waals surface area contributed by atoms with E-state index in [0.717, 1.165) is 0 Å². The maximum absolute atomic E-state index is 13.2. The lowest BCUT2D eigenvalue weighted by atomic mass is 9.96. The van der Waals surface area contributed by atoms with Gasteiger partial charge in [0.2, 0.25) is 5.91 Å². The van der Waals surface area contributed by atoms with Gasteiger partial charge >= 0.3 is 6.18 Å². The molecule has 2 fully saturated rings. The van der Waals surface area contributed by atoms with E-state index < -0.39 is 24.1 Å². The zero-order valence-electron chi connectivity index (χ0n) is 13.8. The van der Waals surface area contributed by atoms with E-state index in [2.05, 4.69) is 0 Å². The van der Waals surface area contributed by atoms with Crippen molar-refractivity contribution in [3.8, 4) is 11.5 Å². The molecule has 132 valence electrons. The van der Waals surface area contributed by atoms with E-state index >= 15 is 0 Å². The highest BCUT2D eigenvalue weighted by atomic mass is 19.4. The number of fused-ring (bicyclic) bond motifs is 1. The SMILES string of the molecule is COc1ccc(CN2C(=O)C[C@H](C)[C@@H]3[C@H]2[C@H]3C(F)(F)F)c(OC)c1. The van der Waals surface area contributed by atoms with Gasteiger partial charge in [-0.25, -0.2) is 0 Å². The van der Waals surface area contributed by atoms with E-state index in [4.69, 9.17) is 9.47 Å². The lowest BCUT2D eigenvalue weighted by Crippen LogP contribution is -2.39. The molecule has 0 unspecified atom stereocenters. The molecule has 0 bridgehead atoms. The van der Waals surface area contributed by atoms with Gasteiger partial charge in [0.05, 0.1) is 20.1 Å². The number of ether oxygens (including phenoxy) is 2. The van der Waals surface area contributed by atoms with Crippen LogP contribution in [0.15, 0.2) is 18.2 Å². The highest BCUT2D eigenvalue weighted by molar-refractivity contribution is 5.79. The summed E-state index contributed by atoms with van der Waals surface area (Å²) >= 11 is 0. The van der Waals surface area contributed by atoms with Crippen LogP contribution in [0.3, 0.4) is 0 Å². The molecule has 1 amide bonds. The van der Waals surface area contributed by atoms with E-state index in [0.29, 0.717) is 17.1 Å². The van der Waals surface area contributed by atoms with Crippen LogP contribution in [0, 0.1) is 17.8 Å². The minimum atomic E-state index is -4.27. The average molecular weight is 343 g/mol. The van der Waals surface area contributed by atoms with Crippen LogP contribution in [0.25, 0.3) is 0 Å². The fourth-order valence-corrected chi connectivity index (χ4v) is 3.88. The summed E-state index contributed by atoms with van der Waals surface area (Å²) in [4.78, 5) is 13.7. The summed E-state index contributed by atoms with van der Waals surface area (Å²) in [5, 5.41) is 0. The second-order valence-electron chi connectivity index (χ2n) is 6.52. The highest BCUT2D eigenvalue weighted by Crippen LogP contribution is 2.59. The molecule has 4 atom stereocenters. The molecule has 2 aliphatic rings. The van der Waals surface area contributed by atoms with Crippen LogP contribution in [0.1, 0.15) is 18.9 Å². The maximum Gasteiger partial charge on any atom is 0.394 e. The number of hydrogen-bond donors (Lipinski definition) is 0. The molecular weight excluding hydrogens is 323 g/mol. The Balaban J connectivity index is 1.85. The van der Waals surface area contributed by atoms with E-state index in [1.165, 1.54) is 19.1 Å². The lowest BCUT2D eigenvalue weighted by molar-refractivity contribution is -0.155. The van der Waals surface area contributed by atoms with Gasteiger partial charge in [-0.1, -0.05) is 6.92 Å². The zero-order chi connectivity index (χ0) is 17.6. The molecule has 0 N–H and O–H groups in total. The van der Waals surface area contributed by atoms with Crippen molar-refractivity contribution in [2.45, 2.75) is 32.1 Å². The quantitative estimate of drug-likeness (QED) is 0.842. The number of nitrogens with zero attached hydrogens (tertiary/aromatic N) is 1. The number of piperidine rings is 1. The fourth-order valence-electron chi connectivity index (χ4n) is 3.88. The van der Waals surface area contributed by atoms with Gasteiger partial charge in [-0.3, -0.25) is 4.79 Å². The summed E-state index contributed by atoms with van der Waals surface area (Å²) in [6, 6.07) is 4.34. The third-order valence-corrected chi connectivity index (χ3v) is 5.08. The molecule has 0 radical (unpaired) electrons. The van der Waals surface area contributed by atoms with Crippen molar-refractivity contribution in [1.82, 2.24) is 4.90 Å². The molecule has 24 heavy (non-hydrogen) atoms. The third kappa shape index (κ3) is 2.80. The minimum Gasteiger partial charge on any atom is -0.497 e. The molecular formula is C17H20F3NO3. The normalized spacial score (nSPS) is 29.2. The monoisotopic (exact) mass is 343 g/mol. The molecule has 1 aromatic carbocycles. The average Bonchev–Trinajstić information content (AvgIpc) is 3.27. The molecule has 1 saturated heterocycles. The van der Waals surface area contributed by atoms with Gasteiger partial charge in [-0.2, -0.15) is 13.2 Å². The topological polar surface area (TPSA) is 38.8 Å². The van der Waals surface area contributed by atoms with E-state index in [-0.39, 0.29) is 24.8 Å². The number of rotatable bonds is 4. The molecule has 1 aliphatic heterocycles. The number of methoxy groups -OCH3 is 2. The van der Waals surface area contributed by atoms with Gasteiger partial charge < -0.3 is 14.4 Å². The molecule has 0 aromatic heterocycles. The van der Waals surface area contributed by atoms with Crippen LogP contribution in [0.2, 0.25) is 0 Å². The zero-order valence-corrected chi connectivity index (χ0v) is 13.8. The van der Waals surface area contributed by atoms with Crippen molar-refractivity contribution in [2.24, 2.45) is 17.8 Å². The van der Waals surface area contributed by atoms with Gasteiger partial charge in [0.25, 0.3) is 0 Å². The van der Waals surface area contributed by atoms with Crippen molar-refractivity contribution in [3.63, 3.8) is 0 Å². The summed E-state index contributed by atoms with van der Waals surface area (Å²) < 4.78 is 50.1. The predicted octanol–water partition coefficient (Wildman–Crippen LogP) is 3.25. The van der Waals surface area contributed by atoms with E-state index in [9.17, 15) is 18.0 Å². The molecule has 1 aromatic rings. The molecule has 3 rings (SSSR count). The van der Waals surface area contributed by atoms with Crippen molar-refractivity contribution in [1.29, 1.82) is 0 Å². The Bertz CT molecular complexity index is 646. The number of carbonyl (C=O) groups is 1. The van der Waals surface area contributed by atoms with Crippen molar-refractivity contribution in [2.75, 3.05) is 14.2 Å². The van der Waals surface area contributed by atoms with E-state index in [1.807, 2.05) is 0 Å². The summed E-state index contributed by atoms with van der Waals surface area (Å²) in [6.07, 6.45) is -4.11. The smallest absolute Gasteiger partial charge is 0.394 e. The molecule has 7 heteroatoms. The number of amides is 1. The maximum atomic E-state index is 13.2. The lowest BCUT2D eigenvalue weighted by Gasteiger charge is -2.30. The number of benzene rings is 1. The summed E-state index contributed by atoms with van der Waals surface area (Å²) in [6.45, 7) is 1.85. The van der Waals surface area contributed by atoms with Crippen LogP contribution in [-0.4, -0.2) is 37.2 Å². The predicted molar refractivity (Wildman–Crippen MR) is 80.7 cm³/mol. The first-order chi connectivity index (χ1) is 11.3. The van der Waals surface area contributed by atoms with Crippen LogP contribution in [-0.2, 0) is 11.3 Å². The van der Waals surface area contributed by atoms with Gasteiger partial charge in [-0.05, 0) is 24.0 Å². The van der Waals surface area contributed by atoms with Crippen LogP contribution < -0.4 is 9.47 Å². The van der Waals surface area contributed by atoms with Crippen molar-refractivity contribution in [3.05, 3.63) is 23.8 Å². The first-order valence-corrected chi connectivity index (χ1v) is 7.85. The molecule has 1 heterocycles. The fraction of sp³-hybridized carbons (Fsp3) is 0.588. The second kappa shape index (κ2) is 5.86. The molecule has 1 saturated carbocycles. The largest absolute Gasteiger partial charge is 0.497 e. The van der Waals surface area contributed by atoms with Gasteiger partial charge in [0.15, 0.2) is 0 Å². The Morgan fingerprint density at radius 1 is 1.25 bits per heavy atom. The molecule has 0 spiro atoms. The Kier molecular flexibility index (Phi) is 4.13. The van der Waals surface area contributed by atoms with Crippen molar-refractivity contribution >= 4 is 5.91 Å². The summed E-state index contributed by atoms with van der Waals surface area (Å²) in [5.41, 5.74) is 0.674. The molecule has 1 aliphatic carbocycles. The first kappa shape index (κ1) is 16.9. The number of halogens is 3. The standard InChI is InChI=1S/C17H20F3NO3/c1-9-6-13(22)21(16-14(9)15(16)17(18,19)20)8-10-4-5-11(23-2)7-12(10)24-3/h4-5,7,9,14-16H,6,8H2,1-3H3/t9-,14-,15-,16-/m0/s1. The van der Waals surface area contributed by atoms with Crippen LogP contribution in [0.4, 0.5) is 13.2 Å². The van der Waals surface area contributed by atoms with Gasteiger partial charge in [-0.15, -0.1) is 0 Å².